The van der Waals surface area contributed by atoms with E-state index < -0.39 is 17.6 Å². The maximum atomic E-state index is 13.2. The van der Waals surface area contributed by atoms with Crippen LogP contribution in [-0.2, 0) is 0 Å². The smallest absolute Gasteiger partial charge is 0.395 e. The van der Waals surface area contributed by atoms with Crippen LogP contribution in [0, 0.1) is 11.3 Å². The van der Waals surface area contributed by atoms with Crippen molar-refractivity contribution < 1.29 is 27.8 Å². The number of aromatic carboxylic acids is 1. The van der Waals surface area contributed by atoms with Crippen LogP contribution in [0.4, 0.5) is 13.2 Å². The van der Waals surface area contributed by atoms with Gasteiger partial charge in [0.25, 0.3) is 0 Å². The predicted molar refractivity (Wildman–Crippen MR) is 109 cm³/mol. The molecule has 0 bridgehead atoms. The summed E-state index contributed by atoms with van der Waals surface area (Å²) in [5, 5.41) is 9.33. The highest BCUT2D eigenvalue weighted by Gasteiger charge is 2.63. The zero-order valence-corrected chi connectivity index (χ0v) is 17.1. The first-order chi connectivity index (χ1) is 14.8. The summed E-state index contributed by atoms with van der Waals surface area (Å²) in [4.78, 5) is 17.6. The van der Waals surface area contributed by atoms with Gasteiger partial charge in [0.2, 0.25) is 5.88 Å². The van der Waals surface area contributed by atoms with Gasteiger partial charge in [-0.25, -0.2) is 9.78 Å². The summed E-state index contributed by atoms with van der Waals surface area (Å²) in [6, 6.07) is 10.2. The number of halogens is 3. The van der Waals surface area contributed by atoms with Crippen LogP contribution in [0.15, 0.2) is 42.6 Å². The van der Waals surface area contributed by atoms with Crippen molar-refractivity contribution in [3.8, 4) is 17.0 Å². The molecule has 1 aliphatic carbocycles. The van der Waals surface area contributed by atoms with Crippen molar-refractivity contribution >= 4 is 5.97 Å². The second-order valence-electron chi connectivity index (χ2n) is 8.54. The van der Waals surface area contributed by atoms with Crippen LogP contribution in [0.25, 0.3) is 11.1 Å². The van der Waals surface area contributed by atoms with Crippen LogP contribution < -0.4 is 4.74 Å². The van der Waals surface area contributed by atoms with Gasteiger partial charge in [0.05, 0.1) is 17.6 Å². The average Bonchev–Trinajstić information content (AvgIpc) is 3.54. The van der Waals surface area contributed by atoms with E-state index in [0.717, 1.165) is 12.8 Å². The van der Waals surface area contributed by atoms with Crippen LogP contribution in [0.1, 0.15) is 36.0 Å². The largest absolute Gasteiger partial charge is 0.478 e. The van der Waals surface area contributed by atoms with Crippen molar-refractivity contribution in [2.45, 2.75) is 31.9 Å². The lowest BCUT2D eigenvalue weighted by Crippen LogP contribution is -2.43. The zero-order valence-electron chi connectivity index (χ0n) is 17.1. The Kier molecular flexibility index (Phi) is 5.92. The van der Waals surface area contributed by atoms with Gasteiger partial charge in [0, 0.05) is 24.4 Å². The third-order valence-electron chi connectivity index (χ3n) is 6.36. The lowest BCUT2D eigenvalue weighted by molar-refractivity contribution is -0.192. The molecular formula is C23H25F3N2O3. The number of hydrogen-bond donors (Lipinski definition) is 1. The number of nitrogens with zero attached hydrogens (tertiary/aromatic N) is 2. The molecule has 0 radical (unpaired) electrons. The van der Waals surface area contributed by atoms with Crippen LogP contribution in [-0.4, -0.2) is 53.4 Å². The van der Waals surface area contributed by atoms with Crippen molar-refractivity contribution in [3.05, 3.63) is 48.2 Å². The first-order valence-electron chi connectivity index (χ1n) is 10.5. The standard InChI is InChI=1S/C23H25F3N2O3/c24-23(25,26)22(9-10-22)15-28-11-7-16(8-12-28)14-31-20-6-5-17(13-27-20)18-3-1-2-4-19(18)21(29)30/h1-6,13,16H,7-12,14-15H2,(H,29,30). The second-order valence-corrected chi connectivity index (χ2v) is 8.54. The minimum absolute atomic E-state index is 0.116. The van der Waals surface area contributed by atoms with Gasteiger partial charge < -0.3 is 14.7 Å². The SMILES string of the molecule is O=C(O)c1ccccc1-c1ccc(OCC2CCN(CC3(C(F)(F)F)CC3)CC2)nc1. The van der Waals surface area contributed by atoms with Gasteiger partial charge in [0.1, 0.15) is 0 Å². The van der Waals surface area contributed by atoms with Crippen molar-refractivity contribution in [1.82, 2.24) is 9.88 Å². The molecule has 1 saturated carbocycles. The molecule has 2 aromatic rings. The summed E-state index contributed by atoms with van der Waals surface area (Å²) < 4.78 is 45.2. The minimum atomic E-state index is -4.10. The van der Waals surface area contributed by atoms with E-state index in [2.05, 4.69) is 4.98 Å². The van der Waals surface area contributed by atoms with Gasteiger partial charge in [0.15, 0.2) is 0 Å². The molecule has 4 rings (SSSR count). The molecule has 0 amide bonds. The Labute approximate surface area is 178 Å². The third kappa shape index (κ3) is 4.84. The Morgan fingerprint density at radius 1 is 1.16 bits per heavy atom. The Morgan fingerprint density at radius 3 is 2.45 bits per heavy atom. The molecule has 31 heavy (non-hydrogen) atoms. The molecule has 2 fully saturated rings. The van der Waals surface area contributed by atoms with E-state index in [1.807, 2.05) is 4.90 Å². The van der Waals surface area contributed by atoms with Gasteiger partial charge >= 0.3 is 12.1 Å². The second kappa shape index (κ2) is 8.49. The van der Waals surface area contributed by atoms with Crippen LogP contribution >= 0.6 is 0 Å². The normalized spacial score (nSPS) is 19.2. The molecule has 2 aliphatic rings. The Hall–Kier alpha value is -2.61. The average molecular weight is 434 g/mol. The number of likely N-dealkylation sites (tertiary alicyclic amines) is 1. The van der Waals surface area contributed by atoms with Crippen molar-refractivity contribution in [2.24, 2.45) is 11.3 Å². The molecule has 1 aromatic heterocycles. The van der Waals surface area contributed by atoms with E-state index >= 15 is 0 Å². The molecule has 166 valence electrons. The number of rotatable bonds is 7. The van der Waals surface area contributed by atoms with E-state index in [4.69, 9.17) is 4.74 Å². The minimum Gasteiger partial charge on any atom is -0.478 e. The Bertz CT molecular complexity index is 918. The summed E-state index contributed by atoms with van der Waals surface area (Å²) in [6.45, 7) is 1.90. The fourth-order valence-electron chi connectivity index (χ4n) is 4.17. The summed E-state index contributed by atoms with van der Waals surface area (Å²) in [6.07, 6.45) is -0.409. The van der Waals surface area contributed by atoms with Crippen molar-refractivity contribution in [1.29, 1.82) is 0 Å². The first kappa shape index (κ1) is 21.6. The zero-order chi connectivity index (χ0) is 22.1. The number of benzene rings is 1. The number of hydrogen-bond acceptors (Lipinski definition) is 4. The fraction of sp³-hybridized carbons (Fsp3) is 0.478. The van der Waals surface area contributed by atoms with Gasteiger partial charge in [-0.2, -0.15) is 13.2 Å². The topological polar surface area (TPSA) is 62.7 Å². The maximum Gasteiger partial charge on any atom is 0.395 e. The van der Waals surface area contributed by atoms with Crippen molar-refractivity contribution in [2.75, 3.05) is 26.2 Å². The van der Waals surface area contributed by atoms with E-state index in [1.165, 1.54) is 0 Å². The highest BCUT2D eigenvalue weighted by molar-refractivity contribution is 5.95. The van der Waals surface area contributed by atoms with E-state index in [9.17, 15) is 23.1 Å². The Balaban J connectivity index is 1.27. The Morgan fingerprint density at radius 2 is 1.87 bits per heavy atom. The number of piperidine rings is 1. The van der Waals surface area contributed by atoms with Gasteiger partial charge in [-0.15, -0.1) is 0 Å². The molecule has 1 N–H and O–H groups in total. The molecule has 2 heterocycles. The number of pyridine rings is 1. The number of ether oxygens (including phenoxy) is 1. The summed E-state index contributed by atoms with van der Waals surface area (Å²) in [7, 11) is 0. The first-order valence-corrected chi connectivity index (χ1v) is 10.5. The van der Waals surface area contributed by atoms with Gasteiger partial charge in [-0.05, 0) is 62.4 Å². The third-order valence-corrected chi connectivity index (χ3v) is 6.36. The number of carbonyl (C=O) groups is 1. The lowest BCUT2D eigenvalue weighted by atomic mass is 9.96. The van der Waals surface area contributed by atoms with Crippen LogP contribution in [0.2, 0.25) is 0 Å². The van der Waals surface area contributed by atoms with E-state index in [-0.39, 0.29) is 30.9 Å². The van der Waals surface area contributed by atoms with E-state index in [1.54, 1.807) is 42.6 Å². The molecule has 0 spiro atoms. The maximum absolute atomic E-state index is 13.2. The van der Waals surface area contributed by atoms with Crippen molar-refractivity contribution in [3.63, 3.8) is 0 Å². The molecule has 0 unspecified atom stereocenters. The summed E-state index contributed by atoms with van der Waals surface area (Å²) in [5.74, 6) is -0.260. The predicted octanol–water partition coefficient (Wildman–Crippen LogP) is 4.88. The molecule has 1 saturated heterocycles. The fourth-order valence-corrected chi connectivity index (χ4v) is 4.17. The summed E-state index contributed by atoms with van der Waals surface area (Å²) in [5.41, 5.74) is 0.0237. The van der Waals surface area contributed by atoms with Crippen LogP contribution in [0.5, 0.6) is 5.88 Å². The molecular weight excluding hydrogens is 409 g/mol. The van der Waals surface area contributed by atoms with Gasteiger partial charge in [-0.1, -0.05) is 18.2 Å². The number of aromatic nitrogens is 1. The molecule has 1 aliphatic heterocycles. The monoisotopic (exact) mass is 434 g/mol. The molecule has 0 atom stereocenters. The van der Waals surface area contributed by atoms with Crippen LogP contribution in [0.3, 0.4) is 0 Å². The van der Waals surface area contributed by atoms with E-state index in [0.29, 0.717) is 36.7 Å². The highest BCUT2D eigenvalue weighted by atomic mass is 19.4. The quantitative estimate of drug-likeness (QED) is 0.673. The lowest BCUT2D eigenvalue weighted by Gasteiger charge is -2.34. The van der Waals surface area contributed by atoms with Gasteiger partial charge in [-0.3, -0.25) is 0 Å². The number of carboxylic acid groups (broad SMARTS) is 1. The number of alkyl halides is 3. The molecule has 8 heteroatoms. The number of carboxylic acids is 1. The molecule has 5 nitrogen and oxygen atoms in total. The molecule has 1 aromatic carbocycles. The summed E-state index contributed by atoms with van der Waals surface area (Å²) >= 11 is 0. The highest BCUT2D eigenvalue weighted by Crippen LogP contribution is 2.58.